The Kier molecular flexibility index (Phi) is 9.82. The van der Waals surface area contributed by atoms with Crippen molar-refractivity contribution in [2.24, 2.45) is 5.92 Å². The van der Waals surface area contributed by atoms with Gasteiger partial charge in [0.25, 0.3) is 0 Å². The average Bonchev–Trinajstić information content (AvgIpc) is 2.69. The van der Waals surface area contributed by atoms with E-state index in [9.17, 15) is 4.79 Å². The number of likely N-dealkylation sites (N-methyl/N-ethyl adjacent to an activating group) is 1. The quantitative estimate of drug-likeness (QED) is 0.409. The third-order valence-corrected chi connectivity index (χ3v) is 5.55. The van der Waals surface area contributed by atoms with Crippen LogP contribution in [-0.2, 0) is 4.74 Å². The third-order valence-electron chi connectivity index (χ3n) is 5.29. The second kappa shape index (κ2) is 12.1. The van der Waals surface area contributed by atoms with Crippen LogP contribution in [-0.4, -0.2) is 62.3 Å². The molecular weight excluding hydrogens is 376 g/mol. The number of hydrogen-bond donors (Lipinski definition) is 0. The fourth-order valence-corrected chi connectivity index (χ4v) is 3.65. The molecule has 0 unspecified atom stereocenters. The molecule has 1 aromatic rings. The van der Waals surface area contributed by atoms with Crippen molar-refractivity contribution in [2.75, 3.05) is 40.4 Å². The first kappa shape index (κ1) is 22.7. The molecule has 0 atom stereocenters. The van der Waals surface area contributed by atoms with Crippen molar-refractivity contribution in [2.45, 2.75) is 38.1 Å². The maximum Gasteiger partial charge on any atom is 0.415 e. The van der Waals surface area contributed by atoms with Crippen LogP contribution >= 0.6 is 11.6 Å². The molecule has 0 spiro atoms. The molecule has 1 fully saturated rings. The predicted octanol–water partition coefficient (Wildman–Crippen LogP) is 4.85. The summed E-state index contributed by atoms with van der Waals surface area (Å²) < 4.78 is 11.3. The number of carbonyl (C=O) groups excluding carboxylic acids is 1. The van der Waals surface area contributed by atoms with Crippen molar-refractivity contribution in [1.82, 2.24) is 9.80 Å². The Morgan fingerprint density at radius 3 is 2.54 bits per heavy atom. The van der Waals surface area contributed by atoms with Crippen molar-refractivity contribution in [3.63, 3.8) is 0 Å². The molecule has 1 saturated carbocycles. The largest absolute Gasteiger partial charge is 0.415 e. The number of benzene rings is 1. The Labute approximate surface area is 174 Å². The van der Waals surface area contributed by atoms with Crippen LogP contribution in [0.1, 0.15) is 32.1 Å². The fourth-order valence-electron chi connectivity index (χ4n) is 3.52. The van der Waals surface area contributed by atoms with Gasteiger partial charge in [-0.2, -0.15) is 0 Å². The highest BCUT2D eigenvalue weighted by Crippen LogP contribution is 2.28. The molecule has 6 heteroatoms. The Hall–Kier alpha value is -1.56. The summed E-state index contributed by atoms with van der Waals surface area (Å²) >= 11 is 5.86. The molecule has 28 heavy (non-hydrogen) atoms. The second-order valence-electron chi connectivity index (χ2n) is 7.59. The van der Waals surface area contributed by atoms with Gasteiger partial charge in [-0.05, 0) is 69.3 Å². The zero-order valence-electron chi connectivity index (χ0n) is 17.1. The summed E-state index contributed by atoms with van der Waals surface area (Å²) in [7, 11) is 3.91. The van der Waals surface area contributed by atoms with Gasteiger partial charge >= 0.3 is 6.09 Å². The highest BCUT2D eigenvalue weighted by atomic mass is 35.5. The zero-order chi connectivity index (χ0) is 20.4. The summed E-state index contributed by atoms with van der Waals surface area (Å²) in [6.45, 7) is 7.31. The number of carbonyl (C=O) groups is 1. The number of amides is 1. The van der Waals surface area contributed by atoms with Gasteiger partial charge in [-0.15, -0.1) is 6.58 Å². The van der Waals surface area contributed by atoms with Crippen molar-refractivity contribution < 1.29 is 14.3 Å². The van der Waals surface area contributed by atoms with E-state index in [-0.39, 0.29) is 12.1 Å². The van der Waals surface area contributed by atoms with Crippen LogP contribution in [0.3, 0.4) is 0 Å². The number of hydrogen-bond acceptors (Lipinski definition) is 4. The summed E-state index contributed by atoms with van der Waals surface area (Å²) in [5.74, 6) is 1.10. The topological polar surface area (TPSA) is 42.0 Å². The van der Waals surface area contributed by atoms with E-state index in [1.54, 1.807) is 29.2 Å². The van der Waals surface area contributed by atoms with Crippen LogP contribution in [0.25, 0.3) is 0 Å². The lowest BCUT2D eigenvalue weighted by molar-refractivity contribution is 0.0645. The minimum absolute atomic E-state index is 0.226. The van der Waals surface area contributed by atoms with E-state index in [0.717, 1.165) is 58.4 Å². The highest BCUT2D eigenvalue weighted by molar-refractivity contribution is 6.30. The minimum atomic E-state index is -0.314. The van der Waals surface area contributed by atoms with Gasteiger partial charge in [-0.1, -0.05) is 17.7 Å². The molecule has 5 nitrogen and oxygen atoms in total. The van der Waals surface area contributed by atoms with Crippen LogP contribution in [0.2, 0.25) is 5.02 Å². The molecule has 0 heterocycles. The molecule has 1 aliphatic carbocycles. The van der Waals surface area contributed by atoms with Gasteiger partial charge in [0.05, 0.1) is 0 Å². The molecular formula is C22H33ClN2O3. The van der Waals surface area contributed by atoms with Gasteiger partial charge in [0.1, 0.15) is 5.75 Å². The fraction of sp³-hybridized carbons (Fsp3) is 0.591. The Morgan fingerprint density at radius 2 is 1.89 bits per heavy atom. The first-order valence-electron chi connectivity index (χ1n) is 10.1. The lowest BCUT2D eigenvalue weighted by Crippen LogP contribution is -2.41. The third kappa shape index (κ3) is 7.82. The number of rotatable bonds is 10. The molecule has 0 saturated heterocycles. The maximum absolute atomic E-state index is 12.4. The molecule has 0 bridgehead atoms. The lowest BCUT2D eigenvalue weighted by Gasteiger charge is -2.34. The predicted molar refractivity (Wildman–Crippen MR) is 114 cm³/mol. The van der Waals surface area contributed by atoms with Crippen LogP contribution in [0, 0.1) is 5.92 Å². The SMILES string of the molecule is C=CCN(C)CCCOCC1CCC(N(C)C(=O)Oc2ccc(Cl)cc2)CC1. The minimum Gasteiger partial charge on any atom is -0.410 e. The van der Waals surface area contributed by atoms with Gasteiger partial charge in [-0.25, -0.2) is 4.79 Å². The Balaban J connectivity index is 1.62. The van der Waals surface area contributed by atoms with E-state index in [2.05, 4.69) is 18.5 Å². The van der Waals surface area contributed by atoms with Gasteiger partial charge in [0.15, 0.2) is 0 Å². The highest BCUT2D eigenvalue weighted by Gasteiger charge is 2.27. The molecule has 0 aromatic heterocycles. The van der Waals surface area contributed by atoms with Crippen molar-refractivity contribution in [1.29, 1.82) is 0 Å². The van der Waals surface area contributed by atoms with E-state index in [0.29, 0.717) is 16.7 Å². The number of ether oxygens (including phenoxy) is 2. The Morgan fingerprint density at radius 1 is 1.21 bits per heavy atom. The van der Waals surface area contributed by atoms with Crippen molar-refractivity contribution >= 4 is 17.7 Å². The lowest BCUT2D eigenvalue weighted by atomic mass is 9.86. The maximum atomic E-state index is 12.4. The molecule has 1 aromatic carbocycles. The molecule has 1 amide bonds. The smallest absolute Gasteiger partial charge is 0.410 e. The van der Waals surface area contributed by atoms with Gasteiger partial charge < -0.3 is 19.3 Å². The van der Waals surface area contributed by atoms with Crippen LogP contribution < -0.4 is 4.74 Å². The molecule has 2 rings (SSSR count). The van der Waals surface area contributed by atoms with Gasteiger partial charge in [0.2, 0.25) is 0 Å². The van der Waals surface area contributed by atoms with E-state index >= 15 is 0 Å². The average molecular weight is 409 g/mol. The van der Waals surface area contributed by atoms with Crippen LogP contribution in [0.4, 0.5) is 4.79 Å². The standard InChI is InChI=1S/C22H33ClN2O3/c1-4-14-24(2)15-5-16-27-17-18-6-10-20(11-7-18)25(3)22(26)28-21-12-8-19(23)9-13-21/h4,8-9,12-13,18,20H,1,5-7,10-11,14-17H2,2-3H3. The van der Waals surface area contributed by atoms with Crippen molar-refractivity contribution in [3.8, 4) is 5.75 Å². The second-order valence-corrected chi connectivity index (χ2v) is 8.02. The van der Waals surface area contributed by atoms with Crippen molar-refractivity contribution in [3.05, 3.63) is 41.9 Å². The normalized spacial score (nSPS) is 19.4. The summed E-state index contributed by atoms with van der Waals surface area (Å²) in [4.78, 5) is 16.3. The molecule has 0 aliphatic heterocycles. The van der Waals surface area contributed by atoms with E-state index in [1.807, 2.05) is 13.1 Å². The monoisotopic (exact) mass is 408 g/mol. The number of halogens is 1. The number of nitrogens with zero attached hydrogens (tertiary/aromatic N) is 2. The molecule has 0 radical (unpaired) electrons. The molecule has 156 valence electrons. The molecule has 0 N–H and O–H groups in total. The van der Waals surface area contributed by atoms with Crippen LogP contribution in [0.5, 0.6) is 5.75 Å². The zero-order valence-corrected chi connectivity index (χ0v) is 17.9. The summed E-state index contributed by atoms with van der Waals surface area (Å²) in [6, 6.07) is 7.07. The Bertz CT molecular complexity index is 600. The first-order valence-corrected chi connectivity index (χ1v) is 10.4. The van der Waals surface area contributed by atoms with Gasteiger partial charge in [0, 0.05) is 44.4 Å². The molecule has 1 aliphatic rings. The summed E-state index contributed by atoms with van der Waals surface area (Å²) in [6.07, 6.45) is 6.79. The summed E-state index contributed by atoms with van der Waals surface area (Å²) in [5, 5.41) is 0.623. The summed E-state index contributed by atoms with van der Waals surface area (Å²) in [5.41, 5.74) is 0. The van der Waals surface area contributed by atoms with E-state index in [4.69, 9.17) is 21.1 Å². The first-order chi connectivity index (χ1) is 13.5. The van der Waals surface area contributed by atoms with E-state index < -0.39 is 0 Å². The van der Waals surface area contributed by atoms with Gasteiger partial charge in [-0.3, -0.25) is 0 Å². The van der Waals surface area contributed by atoms with Crippen LogP contribution in [0.15, 0.2) is 36.9 Å². The van der Waals surface area contributed by atoms with E-state index in [1.165, 1.54) is 0 Å².